The first-order chi connectivity index (χ1) is 10.8. The van der Waals surface area contributed by atoms with Crippen molar-refractivity contribution in [1.29, 1.82) is 0 Å². The SMILES string of the molecule is COc1ccc(O)c(C=Nc2ccc(-n3cnnn3)cc2)c1. The van der Waals surface area contributed by atoms with Gasteiger partial charge in [-0.15, -0.1) is 5.10 Å². The topological polar surface area (TPSA) is 85.4 Å². The number of hydrogen-bond donors (Lipinski definition) is 1. The van der Waals surface area contributed by atoms with E-state index in [4.69, 9.17) is 4.74 Å². The molecule has 0 fully saturated rings. The molecule has 0 radical (unpaired) electrons. The fraction of sp³-hybridized carbons (Fsp3) is 0.0667. The molecule has 3 aromatic rings. The van der Waals surface area contributed by atoms with Gasteiger partial charge in [0, 0.05) is 11.8 Å². The Balaban J connectivity index is 1.81. The van der Waals surface area contributed by atoms with Crippen LogP contribution < -0.4 is 4.74 Å². The molecule has 0 aliphatic rings. The Bertz CT molecular complexity index is 782. The lowest BCUT2D eigenvalue weighted by atomic mass is 10.2. The van der Waals surface area contributed by atoms with E-state index in [1.165, 1.54) is 6.33 Å². The van der Waals surface area contributed by atoms with Crippen LogP contribution in [0.15, 0.2) is 53.8 Å². The highest BCUT2D eigenvalue weighted by molar-refractivity contribution is 5.86. The maximum atomic E-state index is 9.81. The molecule has 7 nitrogen and oxygen atoms in total. The van der Waals surface area contributed by atoms with Crippen LogP contribution in [-0.2, 0) is 0 Å². The Morgan fingerprint density at radius 1 is 1.18 bits per heavy atom. The second kappa shape index (κ2) is 6.04. The number of phenols is 1. The number of hydrogen-bond acceptors (Lipinski definition) is 6. The number of ether oxygens (including phenoxy) is 1. The Morgan fingerprint density at radius 3 is 2.68 bits per heavy atom. The maximum Gasteiger partial charge on any atom is 0.143 e. The molecule has 1 aromatic heterocycles. The molecule has 0 amide bonds. The van der Waals surface area contributed by atoms with Gasteiger partial charge >= 0.3 is 0 Å². The highest BCUT2D eigenvalue weighted by Crippen LogP contribution is 2.22. The van der Waals surface area contributed by atoms with Crippen LogP contribution in [0.3, 0.4) is 0 Å². The van der Waals surface area contributed by atoms with E-state index in [1.54, 1.807) is 36.2 Å². The Hall–Kier alpha value is -3.22. The van der Waals surface area contributed by atoms with E-state index >= 15 is 0 Å². The van der Waals surface area contributed by atoms with Crippen LogP contribution in [0.25, 0.3) is 5.69 Å². The van der Waals surface area contributed by atoms with Crippen LogP contribution in [-0.4, -0.2) is 38.6 Å². The molecule has 7 heteroatoms. The molecule has 0 aliphatic carbocycles. The molecule has 0 unspecified atom stereocenters. The summed E-state index contributed by atoms with van der Waals surface area (Å²) < 4.78 is 6.68. The third kappa shape index (κ3) is 2.93. The molecule has 3 rings (SSSR count). The normalized spacial score (nSPS) is 11.0. The zero-order valence-electron chi connectivity index (χ0n) is 11.8. The minimum absolute atomic E-state index is 0.148. The molecule has 0 spiro atoms. The largest absolute Gasteiger partial charge is 0.507 e. The van der Waals surface area contributed by atoms with E-state index in [2.05, 4.69) is 20.5 Å². The number of rotatable bonds is 4. The summed E-state index contributed by atoms with van der Waals surface area (Å²) in [5.74, 6) is 0.808. The van der Waals surface area contributed by atoms with Gasteiger partial charge in [0.1, 0.15) is 17.8 Å². The zero-order valence-corrected chi connectivity index (χ0v) is 11.8. The van der Waals surface area contributed by atoms with Gasteiger partial charge in [-0.2, -0.15) is 0 Å². The lowest BCUT2D eigenvalue weighted by Gasteiger charge is -2.03. The number of nitrogens with zero attached hydrogens (tertiary/aromatic N) is 5. The molecule has 0 bridgehead atoms. The summed E-state index contributed by atoms with van der Waals surface area (Å²) in [4.78, 5) is 4.33. The van der Waals surface area contributed by atoms with Crippen molar-refractivity contribution in [2.24, 2.45) is 4.99 Å². The third-order valence-corrected chi connectivity index (χ3v) is 3.05. The molecule has 2 aromatic carbocycles. The van der Waals surface area contributed by atoms with Gasteiger partial charge in [-0.25, -0.2) is 4.68 Å². The number of aromatic nitrogens is 4. The molecule has 0 saturated heterocycles. The lowest BCUT2D eigenvalue weighted by Crippen LogP contribution is -1.93. The van der Waals surface area contributed by atoms with Crippen LogP contribution in [0, 0.1) is 0 Å². The first kappa shape index (κ1) is 13.7. The molecule has 0 aliphatic heterocycles. The third-order valence-electron chi connectivity index (χ3n) is 3.05. The molecule has 1 N–H and O–H groups in total. The van der Waals surface area contributed by atoms with Gasteiger partial charge in [0.25, 0.3) is 0 Å². The fourth-order valence-electron chi connectivity index (χ4n) is 1.88. The van der Waals surface area contributed by atoms with Crippen LogP contribution in [0.2, 0.25) is 0 Å². The average Bonchev–Trinajstić information content (AvgIpc) is 3.09. The summed E-state index contributed by atoms with van der Waals surface area (Å²) >= 11 is 0. The summed E-state index contributed by atoms with van der Waals surface area (Å²) in [6.07, 6.45) is 3.11. The highest BCUT2D eigenvalue weighted by Gasteiger charge is 2.01. The van der Waals surface area contributed by atoms with Crippen LogP contribution in [0.1, 0.15) is 5.56 Å². The van der Waals surface area contributed by atoms with Crippen molar-refractivity contribution in [2.75, 3.05) is 7.11 Å². The Kier molecular flexibility index (Phi) is 3.78. The number of benzene rings is 2. The maximum absolute atomic E-state index is 9.81. The van der Waals surface area contributed by atoms with Crippen molar-refractivity contribution in [3.63, 3.8) is 0 Å². The molecular weight excluding hydrogens is 282 g/mol. The molecular formula is C15H13N5O2. The van der Waals surface area contributed by atoms with E-state index in [9.17, 15) is 5.11 Å². The smallest absolute Gasteiger partial charge is 0.143 e. The Labute approximate surface area is 126 Å². The number of methoxy groups -OCH3 is 1. The molecule has 22 heavy (non-hydrogen) atoms. The summed E-state index contributed by atoms with van der Waals surface area (Å²) in [6.45, 7) is 0. The molecule has 1 heterocycles. The van der Waals surface area contributed by atoms with Crippen molar-refractivity contribution >= 4 is 11.9 Å². The minimum Gasteiger partial charge on any atom is -0.507 e. The van der Waals surface area contributed by atoms with E-state index in [0.29, 0.717) is 11.3 Å². The van der Waals surface area contributed by atoms with Gasteiger partial charge in [0.2, 0.25) is 0 Å². The van der Waals surface area contributed by atoms with Crippen LogP contribution >= 0.6 is 0 Å². The van der Waals surface area contributed by atoms with Gasteiger partial charge in [0.05, 0.1) is 18.5 Å². The van der Waals surface area contributed by atoms with Crippen LogP contribution in [0.4, 0.5) is 5.69 Å². The van der Waals surface area contributed by atoms with Gasteiger partial charge in [-0.05, 0) is 52.9 Å². The van der Waals surface area contributed by atoms with Crippen molar-refractivity contribution in [3.8, 4) is 17.2 Å². The predicted octanol–water partition coefficient (Wildman–Crippen LogP) is 2.13. The summed E-state index contributed by atoms with van der Waals surface area (Å²) in [5.41, 5.74) is 2.18. The summed E-state index contributed by atoms with van der Waals surface area (Å²) in [7, 11) is 1.57. The number of aliphatic imine (C=N–C) groups is 1. The average molecular weight is 295 g/mol. The van der Waals surface area contributed by atoms with Gasteiger partial charge in [-0.3, -0.25) is 4.99 Å². The number of phenolic OH excluding ortho intramolecular Hbond substituents is 1. The molecule has 0 atom stereocenters. The fourth-order valence-corrected chi connectivity index (χ4v) is 1.88. The monoisotopic (exact) mass is 295 g/mol. The van der Waals surface area contributed by atoms with Crippen LogP contribution in [0.5, 0.6) is 11.5 Å². The minimum atomic E-state index is 0.148. The standard InChI is InChI=1S/C15H13N5O2/c1-22-14-6-7-15(21)11(8-14)9-16-12-2-4-13(5-3-12)20-10-17-18-19-20/h2-10,21H,1H3. The van der Waals surface area contributed by atoms with Gasteiger partial charge in [-0.1, -0.05) is 0 Å². The predicted molar refractivity (Wildman–Crippen MR) is 81.1 cm³/mol. The Morgan fingerprint density at radius 2 is 2.00 bits per heavy atom. The van der Waals surface area contributed by atoms with E-state index < -0.39 is 0 Å². The second-order valence-corrected chi connectivity index (χ2v) is 4.45. The first-order valence-corrected chi connectivity index (χ1v) is 6.51. The molecule has 110 valence electrons. The number of aromatic hydroxyl groups is 1. The quantitative estimate of drug-likeness (QED) is 0.745. The van der Waals surface area contributed by atoms with Gasteiger partial charge in [0.15, 0.2) is 0 Å². The van der Waals surface area contributed by atoms with Crippen molar-refractivity contribution < 1.29 is 9.84 Å². The second-order valence-electron chi connectivity index (χ2n) is 4.45. The van der Waals surface area contributed by atoms with Crippen molar-refractivity contribution in [3.05, 3.63) is 54.4 Å². The first-order valence-electron chi connectivity index (χ1n) is 6.51. The zero-order chi connectivity index (χ0) is 15.4. The molecule has 0 saturated carbocycles. The summed E-state index contributed by atoms with van der Waals surface area (Å²) in [5, 5.41) is 20.8. The van der Waals surface area contributed by atoms with E-state index in [1.807, 2.05) is 24.3 Å². The summed E-state index contributed by atoms with van der Waals surface area (Å²) in [6, 6.07) is 12.4. The lowest BCUT2D eigenvalue weighted by molar-refractivity contribution is 0.412. The van der Waals surface area contributed by atoms with Crippen molar-refractivity contribution in [2.45, 2.75) is 0 Å². The van der Waals surface area contributed by atoms with E-state index in [0.717, 1.165) is 11.4 Å². The highest BCUT2D eigenvalue weighted by atomic mass is 16.5. The van der Waals surface area contributed by atoms with Crippen molar-refractivity contribution in [1.82, 2.24) is 20.2 Å². The van der Waals surface area contributed by atoms with E-state index in [-0.39, 0.29) is 5.75 Å². The van der Waals surface area contributed by atoms with Gasteiger partial charge < -0.3 is 9.84 Å². The number of tetrazole rings is 1.